The second kappa shape index (κ2) is 12.6. The lowest BCUT2D eigenvalue weighted by atomic mass is 9.67. The Morgan fingerprint density at radius 2 is 1.68 bits per heavy atom. The molecule has 1 aliphatic rings. The van der Waals surface area contributed by atoms with Gasteiger partial charge in [0.2, 0.25) is 15.9 Å². The number of primary amides is 1. The number of carbonyl (C=O) groups is 3. The average molecular weight is 564 g/mol. The normalized spacial score (nSPS) is 17.7. The summed E-state index contributed by atoms with van der Waals surface area (Å²) in [7, 11) is -4.18. The van der Waals surface area contributed by atoms with Crippen molar-refractivity contribution in [3.05, 3.63) is 65.7 Å². The Morgan fingerprint density at radius 3 is 2.16 bits per heavy atom. The molecule has 0 aliphatic carbocycles. The van der Waals surface area contributed by atoms with Gasteiger partial charge in [0.1, 0.15) is 5.84 Å². The Labute approximate surface area is 228 Å². The number of amides is 1. The summed E-state index contributed by atoms with van der Waals surface area (Å²) in [4.78, 5) is 41.4. The zero-order valence-corrected chi connectivity index (χ0v) is 22.9. The number of benzene rings is 2. The molecule has 1 fully saturated rings. The zero-order valence-electron chi connectivity index (χ0n) is 21.3. The van der Waals surface area contributed by atoms with Crippen molar-refractivity contribution in [3.63, 3.8) is 0 Å². The summed E-state index contributed by atoms with van der Waals surface area (Å²) < 4.78 is 28.8. The molecule has 1 heterocycles. The third kappa shape index (κ3) is 6.29. The van der Waals surface area contributed by atoms with E-state index in [0.717, 1.165) is 0 Å². The number of nitrogen functional groups attached to an aromatic ring is 1. The van der Waals surface area contributed by atoms with Gasteiger partial charge in [0.25, 0.3) is 0 Å². The fourth-order valence-corrected chi connectivity index (χ4v) is 5.89. The Morgan fingerprint density at radius 1 is 1.08 bits per heavy atom. The monoisotopic (exact) mass is 563 g/mol. The third-order valence-corrected chi connectivity index (χ3v) is 7.98. The Hall–Kier alpha value is -3.12. The van der Waals surface area contributed by atoms with E-state index in [1.165, 1.54) is 36.4 Å². The molecule has 0 saturated carbocycles. The van der Waals surface area contributed by atoms with Crippen molar-refractivity contribution < 1.29 is 22.8 Å². The van der Waals surface area contributed by atoms with Crippen molar-refractivity contribution in [2.24, 2.45) is 17.4 Å². The molecule has 2 aromatic carbocycles. The SMILES string of the molecule is CC(C)C[C@@H](NS(=O)(=O)c1ccccc1)C(=O)C(C(N)=O)(C(=O)[C@H]1CCCN1)c1ccc(C(=N)N)cc1.Cl. The molecule has 1 aliphatic heterocycles. The van der Waals surface area contributed by atoms with Gasteiger partial charge in [-0.15, -0.1) is 12.4 Å². The van der Waals surface area contributed by atoms with E-state index in [2.05, 4.69) is 10.0 Å². The molecule has 7 N–H and O–H groups in total. The first kappa shape index (κ1) is 31.1. The number of nitrogens with one attached hydrogen (secondary N) is 3. The van der Waals surface area contributed by atoms with Gasteiger partial charge in [-0.3, -0.25) is 19.8 Å². The Kier molecular flexibility index (Phi) is 10.3. The van der Waals surface area contributed by atoms with Crippen molar-refractivity contribution in [2.45, 2.75) is 55.5 Å². The van der Waals surface area contributed by atoms with Gasteiger partial charge in [0, 0.05) is 5.56 Å². The number of amidine groups is 1. The Bertz CT molecular complexity index is 1280. The van der Waals surface area contributed by atoms with Crippen molar-refractivity contribution in [3.8, 4) is 0 Å². The number of hydrogen-bond donors (Lipinski definition) is 5. The maximum absolute atomic E-state index is 14.3. The van der Waals surface area contributed by atoms with Gasteiger partial charge in [-0.25, -0.2) is 13.1 Å². The molecule has 1 saturated heterocycles. The van der Waals surface area contributed by atoms with Crippen molar-refractivity contribution in [2.75, 3.05) is 6.54 Å². The summed E-state index contributed by atoms with van der Waals surface area (Å²) in [6, 6.07) is 10.9. The molecule has 1 amide bonds. The van der Waals surface area contributed by atoms with Gasteiger partial charge >= 0.3 is 0 Å². The van der Waals surface area contributed by atoms with Gasteiger partial charge in [0.15, 0.2) is 17.0 Å². The first-order valence-electron chi connectivity index (χ1n) is 12.1. The van der Waals surface area contributed by atoms with Crippen LogP contribution >= 0.6 is 12.4 Å². The number of ketones is 2. The number of carbonyl (C=O) groups excluding carboxylic acids is 3. The van der Waals surface area contributed by atoms with Gasteiger partial charge in [-0.05, 0) is 49.4 Å². The quantitative estimate of drug-likeness (QED) is 0.147. The van der Waals surface area contributed by atoms with Gasteiger partial charge < -0.3 is 16.8 Å². The highest BCUT2D eigenvalue weighted by molar-refractivity contribution is 7.89. The smallest absolute Gasteiger partial charge is 0.243 e. The fraction of sp³-hybridized carbons (Fsp3) is 0.385. The lowest BCUT2D eigenvalue weighted by molar-refractivity contribution is -0.144. The summed E-state index contributed by atoms with van der Waals surface area (Å²) in [5.74, 6) is -3.27. The minimum Gasteiger partial charge on any atom is -0.384 e. The number of rotatable bonds is 12. The van der Waals surface area contributed by atoms with E-state index < -0.39 is 45.0 Å². The van der Waals surface area contributed by atoms with Crippen LogP contribution in [-0.2, 0) is 29.8 Å². The van der Waals surface area contributed by atoms with Gasteiger partial charge in [0.05, 0.1) is 17.0 Å². The van der Waals surface area contributed by atoms with Crippen LogP contribution in [0.2, 0.25) is 0 Å². The molecule has 1 unspecified atom stereocenters. The lowest BCUT2D eigenvalue weighted by Crippen LogP contribution is -2.63. The van der Waals surface area contributed by atoms with Crippen LogP contribution in [0.4, 0.5) is 0 Å². The minimum absolute atomic E-state index is 0. The highest BCUT2D eigenvalue weighted by Gasteiger charge is 2.57. The molecule has 0 spiro atoms. The van der Waals surface area contributed by atoms with Crippen LogP contribution in [0.3, 0.4) is 0 Å². The molecular formula is C26H34ClN5O5S. The second-order valence-electron chi connectivity index (χ2n) is 9.60. The van der Waals surface area contributed by atoms with Gasteiger partial charge in [-0.2, -0.15) is 0 Å². The largest absolute Gasteiger partial charge is 0.384 e. The first-order chi connectivity index (χ1) is 17.4. The van der Waals surface area contributed by atoms with E-state index in [1.807, 2.05) is 0 Å². The minimum atomic E-state index is -4.18. The molecule has 10 nitrogen and oxygen atoms in total. The highest BCUT2D eigenvalue weighted by Crippen LogP contribution is 2.33. The lowest BCUT2D eigenvalue weighted by Gasteiger charge is -2.34. The number of nitrogens with two attached hydrogens (primary N) is 2. The van der Waals surface area contributed by atoms with Gasteiger partial charge in [-0.1, -0.05) is 56.3 Å². The molecule has 3 rings (SSSR count). The van der Waals surface area contributed by atoms with E-state index >= 15 is 0 Å². The van der Waals surface area contributed by atoms with Crippen LogP contribution in [0.25, 0.3) is 0 Å². The van der Waals surface area contributed by atoms with Crippen molar-refractivity contribution >= 4 is 45.7 Å². The van der Waals surface area contributed by atoms with Crippen LogP contribution in [-0.4, -0.2) is 50.4 Å². The second-order valence-corrected chi connectivity index (χ2v) is 11.3. The predicted octanol–water partition coefficient (Wildman–Crippen LogP) is 1.40. The predicted molar refractivity (Wildman–Crippen MR) is 147 cm³/mol. The van der Waals surface area contributed by atoms with Crippen LogP contribution in [0.5, 0.6) is 0 Å². The number of hydrogen-bond acceptors (Lipinski definition) is 7. The van der Waals surface area contributed by atoms with E-state index in [-0.39, 0.29) is 41.0 Å². The molecule has 0 aromatic heterocycles. The first-order valence-corrected chi connectivity index (χ1v) is 13.5. The van der Waals surface area contributed by atoms with Crippen molar-refractivity contribution in [1.82, 2.24) is 10.0 Å². The molecule has 0 bridgehead atoms. The maximum Gasteiger partial charge on any atom is 0.243 e. The molecule has 2 aromatic rings. The zero-order chi connectivity index (χ0) is 27.4. The van der Waals surface area contributed by atoms with E-state index in [4.69, 9.17) is 16.9 Å². The number of Topliss-reactive ketones (excluding diaryl/α,β-unsaturated/α-hetero) is 2. The summed E-state index contributed by atoms with van der Waals surface area (Å²) in [5.41, 5.74) is 9.28. The van der Waals surface area contributed by atoms with Crippen LogP contribution < -0.4 is 21.5 Å². The van der Waals surface area contributed by atoms with E-state index in [1.54, 1.807) is 32.0 Å². The summed E-state index contributed by atoms with van der Waals surface area (Å²) in [5, 5.41) is 10.7. The number of sulfonamides is 1. The molecule has 38 heavy (non-hydrogen) atoms. The molecule has 206 valence electrons. The molecule has 12 heteroatoms. The topological polar surface area (TPSA) is 185 Å². The van der Waals surface area contributed by atoms with Crippen LogP contribution in [0.15, 0.2) is 59.5 Å². The van der Waals surface area contributed by atoms with E-state index in [0.29, 0.717) is 24.9 Å². The standard InChI is InChI=1S/C26H33N5O5S.ClH/c1-16(2)15-21(31-37(35,36)19-7-4-3-5-8-19)23(33)26(25(29)34,22(32)20-9-6-14-30-20)18-12-10-17(11-13-18)24(27)28;/h3-5,7-8,10-13,16,20-21,30-31H,6,9,14-15H2,1-2H3,(H3,27,28)(H2,29,34);1H/t20-,21-,26?;/m1./s1. The molecule has 3 atom stereocenters. The number of halogens is 1. The van der Waals surface area contributed by atoms with Crippen molar-refractivity contribution in [1.29, 1.82) is 5.41 Å². The van der Waals surface area contributed by atoms with Crippen LogP contribution in [0, 0.1) is 11.3 Å². The highest BCUT2D eigenvalue weighted by atomic mass is 35.5. The summed E-state index contributed by atoms with van der Waals surface area (Å²) >= 11 is 0. The fourth-order valence-electron chi connectivity index (χ4n) is 4.66. The van der Waals surface area contributed by atoms with E-state index in [9.17, 15) is 22.8 Å². The maximum atomic E-state index is 14.3. The molecule has 0 radical (unpaired) electrons. The average Bonchev–Trinajstić information content (AvgIpc) is 3.39. The Balaban J connectivity index is 0.00000507. The third-order valence-electron chi connectivity index (χ3n) is 6.49. The summed E-state index contributed by atoms with van der Waals surface area (Å²) in [6.45, 7) is 4.12. The molecular weight excluding hydrogens is 530 g/mol. The van der Waals surface area contributed by atoms with Crippen LogP contribution in [0.1, 0.15) is 44.2 Å². The summed E-state index contributed by atoms with van der Waals surface area (Å²) in [6.07, 6.45) is 1.09.